The number of benzene rings is 1. The van der Waals surface area contributed by atoms with Gasteiger partial charge in [0.15, 0.2) is 12.0 Å². The van der Waals surface area contributed by atoms with Gasteiger partial charge in [-0.1, -0.05) is 24.3 Å². The number of Topliss-reactive ketones (excluding diaryl/α,β-unsaturated/α-hetero) is 1. The highest BCUT2D eigenvalue weighted by Gasteiger charge is 2.34. The van der Waals surface area contributed by atoms with Crippen LogP contribution in [0, 0.1) is 0 Å². The van der Waals surface area contributed by atoms with Crippen molar-refractivity contribution in [1.29, 1.82) is 0 Å². The Bertz CT molecular complexity index is 456. The summed E-state index contributed by atoms with van der Waals surface area (Å²) in [7, 11) is 1.30. The molecule has 2 unspecified atom stereocenters. The SMILES string of the molecule is COC(=O)CC1CC(F)C(=O)c2ccccc21. The summed E-state index contributed by atoms with van der Waals surface area (Å²) in [6.07, 6.45) is -1.34. The lowest BCUT2D eigenvalue weighted by molar-refractivity contribution is -0.141. The molecule has 17 heavy (non-hydrogen) atoms. The highest BCUT2D eigenvalue weighted by atomic mass is 19.1. The molecule has 1 aliphatic rings. The van der Waals surface area contributed by atoms with Crippen LogP contribution in [0.4, 0.5) is 4.39 Å². The molecule has 1 aliphatic carbocycles. The van der Waals surface area contributed by atoms with Gasteiger partial charge in [-0.3, -0.25) is 9.59 Å². The van der Waals surface area contributed by atoms with Crippen molar-refractivity contribution in [3.63, 3.8) is 0 Å². The Morgan fingerprint density at radius 1 is 1.47 bits per heavy atom. The first kappa shape index (κ1) is 11.8. The van der Waals surface area contributed by atoms with Gasteiger partial charge in [-0.15, -0.1) is 0 Å². The Morgan fingerprint density at radius 3 is 2.88 bits per heavy atom. The number of ketones is 1. The van der Waals surface area contributed by atoms with E-state index in [1.807, 2.05) is 0 Å². The number of methoxy groups -OCH3 is 1. The summed E-state index contributed by atoms with van der Waals surface area (Å²) in [5.74, 6) is -1.14. The van der Waals surface area contributed by atoms with Crippen LogP contribution in [0.15, 0.2) is 24.3 Å². The normalized spacial score (nSPS) is 23.1. The van der Waals surface area contributed by atoms with Crippen molar-refractivity contribution >= 4 is 11.8 Å². The second-order valence-corrected chi connectivity index (χ2v) is 4.13. The van der Waals surface area contributed by atoms with Gasteiger partial charge in [0, 0.05) is 5.56 Å². The van der Waals surface area contributed by atoms with Gasteiger partial charge in [-0.2, -0.15) is 0 Å². The molecule has 0 heterocycles. The predicted octanol–water partition coefficient (Wildman–Crippen LogP) is 2.26. The van der Waals surface area contributed by atoms with Crippen molar-refractivity contribution in [1.82, 2.24) is 0 Å². The van der Waals surface area contributed by atoms with Crippen LogP contribution >= 0.6 is 0 Å². The number of alkyl halides is 1. The molecular weight excluding hydrogens is 223 g/mol. The highest BCUT2D eigenvalue weighted by molar-refractivity contribution is 6.02. The summed E-state index contributed by atoms with van der Waals surface area (Å²) in [5.41, 5.74) is 1.14. The van der Waals surface area contributed by atoms with Crippen LogP contribution in [0.25, 0.3) is 0 Å². The van der Waals surface area contributed by atoms with Gasteiger partial charge >= 0.3 is 5.97 Å². The van der Waals surface area contributed by atoms with E-state index in [9.17, 15) is 14.0 Å². The lowest BCUT2D eigenvalue weighted by Crippen LogP contribution is -2.28. The third-order valence-corrected chi connectivity index (χ3v) is 3.08. The van der Waals surface area contributed by atoms with Gasteiger partial charge in [0.05, 0.1) is 13.5 Å². The number of carbonyl (C=O) groups excluding carboxylic acids is 2. The Kier molecular flexibility index (Phi) is 3.22. The maximum Gasteiger partial charge on any atom is 0.306 e. The molecule has 0 amide bonds. The molecule has 0 spiro atoms. The number of hydrogen-bond acceptors (Lipinski definition) is 3. The van der Waals surface area contributed by atoms with Crippen molar-refractivity contribution < 1.29 is 18.7 Å². The van der Waals surface area contributed by atoms with Crippen molar-refractivity contribution in [2.45, 2.75) is 24.9 Å². The Balaban J connectivity index is 2.33. The molecule has 1 aromatic carbocycles. The minimum Gasteiger partial charge on any atom is -0.469 e. The molecular formula is C13H13FO3. The second-order valence-electron chi connectivity index (χ2n) is 4.13. The number of hydrogen-bond donors (Lipinski definition) is 0. The monoisotopic (exact) mass is 236 g/mol. The Morgan fingerprint density at radius 2 is 2.18 bits per heavy atom. The largest absolute Gasteiger partial charge is 0.469 e. The first-order valence-corrected chi connectivity index (χ1v) is 5.47. The van der Waals surface area contributed by atoms with Gasteiger partial charge in [-0.05, 0) is 17.9 Å². The molecule has 0 fully saturated rings. The molecule has 0 aliphatic heterocycles. The number of fused-ring (bicyclic) bond motifs is 1. The van der Waals surface area contributed by atoms with Crippen molar-refractivity contribution in [2.75, 3.05) is 7.11 Å². The van der Waals surface area contributed by atoms with Gasteiger partial charge in [0.2, 0.25) is 0 Å². The van der Waals surface area contributed by atoms with E-state index in [0.29, 0.717) is 5.56 Å². The standard InChI is InChI=1S/C13H13FO3/c1-17-12(15)7-8-6-11(14)13(16)10-5-3-2-4-9(8)10/h2-5,8,11H,6-7H2,1H3. The molecule has 0 radical (unpaired) electrons. The van der Waals surface area contributed by atoms with Crippen molar-refractivity contribution in [3.8, 4) is 0 Å². The predicted molar refractivity (Wildman–Crippen MR) is 59.7 cm³/mol. The van der Waals surface area contributed by atoms with E-state index >= 15 is 0 Å². The first-order valence-electron chi connectivity index (χ1n) is 5.47. The summed E-state index contributed by atoms with van der Waals surface area (Å²) in [5, 5.41) is 0. The summed E-state index contributed by atoms with van der Waals surface area (Å²) in [4.78, 5) is 22.9. The smallest absolute Gasteiger partial charge is 0.306 e. The number of rotatable bonds is 2. The van der Waals surface area contributed by atoms with Crippen molar-refractivity contribution in [2.24, 2.45) is 0 Å². The van der Waals surface area contributed by atoms with Crippen LogP contribution in [0.3, 0.4) is 0 Å². The summed E-state index contributed by atoms with van der Waals surface area (Å²) in [6.45, 7) is 0. The lowest BCUT2D eigenvalue weighted by atomic mass is 9.79. The fourth-order valence-electron chi connectivity index (χ4n) is 2.21. The van der Waals surface area contributed by atoms with E-state index in [0.717, 1.165) is 5.56 Å². The van der Waals surface area contributed by atoms with Crippen molar-refractivity contribution in [3.05, 3.63) is 35.4 Å². The third kappa shape index (κ3) is 2.20. The number of carbonyl (C=O) groups is 2. The fraction of sp³-hybridized carbons (Fsp3) is 0.385. The maximum atomic E-state index is 13.6. The molecule has 0 saturated heterocycles. The summed E-state index contributed by atoms with van der Waals surface area (Å²) >= 11 is 0. The van der Waals surface area contributed by atoms with Gasteiger partial charge in [0.1, 0.15) is 0 Å². The number of esters is 1. The zero-order chi connectivity index (χ0) is 12.4. The fourth-order valence-corrected chi connectivity index (χ4v) is 2.21. The van der Waals surface area contributed by atoms with E-state index in [-0.39, 0.29) is 24.7 Å². The van der Waals surface area contributed by atoms with E-state index in [1.54, 1.807) is 24.3 Å². The summed E-state index contributed by atoms with van der Waals surface area (Å²) < 4.78 is 18.1. The van der Waals surface area contributed by atoms with Gasteiger partial charge in [-0.25, -0.2) is 4.39 Å². The topological polar surface area (TPSA) is 43.4 Å². The molecule has 0 N–H and O–H groups in total. The number of ether oxygens (including phenoxy) is 1. The molecule has 4 heteroatoms. The van der Waals surface area contributed by atoms with Crippen LogP contribution in [0.5, 0.6) is 0 Å². The highest BCUT2D eigenvalue weighted by Crippen LogP contribution is 2.35. The van der Waals surface area contributed by atoms with E-state index in [1.165, 1.54) is 7.11 Å². The quantitative estimate of drug-likeness (QED) is 0.740. The van der Waals surface area contributed by atoms with Gasteiger partial charge < -0.3 is 4.74 Å². The van der Waals surface area contributed by atoms with E-state index in [4.69, 9.17) is 0 Å². The minimum absolute atomic E-state index is 0.0605. The van der Waals surface area contributed by atoms with Crippen LogP contribution in [0.2, 0.25) is 0 Å². The average molecular weight is 236 g/mol. The molecule has 2 atom stereocenters. The van der Waals surface area contributed by atoms with Gasteiger partial charge in [0.25, 0.3) is 0 Å². The zero-order valence-corrected chi connectivity index (χ0v) is 9.48. The van der Waals surface area contributed by atoms with E-state index in [2.05, 4.69) is 4.74 Å². The molecule has 3 nitrogen and oxygen atoms in total. The first-order chi connectivity index (χ1) is 8.13. The Labute approximate surface area is 98.6 Å². The van der Waals surface area contributed by atoms with Crippen LogP contribution in [-0.4, -0.2) is 25.0 Å². The maximum absolute atomic E-state index is 13.6. The van der Waals surface area contributed by atoms with Crippen LogP contribution in [-0.2, 0) is 9.53 Å². The average Bonchev–Trinajstić information content (AvgIpc) is 2.35. The van der Waals surface area contributed by atoms with Crippen LogP contribution in [0.1, 0.15) is 34.7 Å². The Hall–Kier alpha value is -1.71. The van der Waals surface area contributed by atoms with E-state index < -0.39 is 12.0 Å². The second kappa shape index (κ2) is 4.65. The molecule has 1 aromatic rings. The summed E-state index contributed by atoms with van der Waals surface area (Å²) in [6, 6.07) is 6.86. The molecule has 0 aromatic heterocycles. The molecule has 2 rings (SSSR count). The molecule has 90 valence electrons. The molecule has 0 bridgehead atoms. The third-order valence-electron chi connectivity index (χ3n) is 3.08. The molecule has 0 saturated carbocycles. The number of halogens is 1. The lowest BCUT2D eigenvalue weighted by Gasteiger charge is -2.25. The van der Waals surface area contributed by atoms with Crippen LogP contribution < -0.4 is 0 Å². The zero-order valence-electron chi connectivity index (χ0n) is 9.48. The minimum atomic E-state index is -1.51.